The molecule has 0 aromatic rings. The van der Waals surface area contributed by atoms with Gasteiger partial charge in [0.1, 0.15) is 0 Å². The second-order valence-corrected chi connectivity index (χ2v) is 6.91. The Hall–Kier alpha value is -0.820. The lowest BCUT2D eigenvalue weighted by molar-refractivity contribution is 0.296. The van der Waals surface area contributed by atoms with Gasteiger partial charge in [-0.05, 0) is 18.8 Å². The third-order valence-corrected chi connectivity index (χ3v) is 3.95. The van der Waals surface area contributed by atoms with Crippen LogP contribution < -0.4 is 10.5 Å². The average Bonchev–Trinajstić information content (AvgIpc) is 2.25. The average molecular weight is 276 g/mol. The van der Waals surface area contributed by atoms with E-state index in [1.807, 2.05) is 14.1 Å². The van der Waals surface area contributed by atoms with E-state index in [0.29, 0.717) is 12.5 Å². The Morgan fingerprint density at radius 1 is 1.39 bits per heavy atom. The van der Waals surface area contributed by atoms with E-state index >= 15 is 0 Å². The van der Waals surface area contributed by atoms with E-state index in [9.17, 15) is 8.42 Å². The molecule has 2 unspecified atom stereocenters. The topological polar surface area (TPSA) is 87.8 Å². The molecule has 3 N–H and O–H groups in total. The van der Waals surface area contributed by atoms with E-state index in [-0.39, 0.29) is 12.0 Å². The van der Waals surface area contributed by atoms with Crippen molar-refractivity contribution >= 4 is 16.0 Å². The zero-order chi connectivity index (χ0) is 13.8. The molecule has 1 saturated carbocycles. The van der Waals surface area contributed by atoms with Gasteiger partial charge in [0.15, 0.2) is 5.96 Å². The first-order valence-electron chi connectivity index (χ1n) is 6.24. The predicted octanol–water partition coefficient (Wildman–Crippen LogP) is -0.0293. The molecule has 0 bridgehead atoms. The van der Waals surface area contributed by atoms with E-state index in [0.717, 1.165) is 25.7 Å². The number of nitrogens with zero attached hydrogens (tertiary/aromatic N) is 2. The number of hydrogen-bond acceptors (Lipinski definition) is 3. The standard InChI is InChI=1S/C11H24N4O2S/c1-15(2)11(12)13-8-9-6-4-5-7-10(9)14-18(3,16)17/h9-10,14H,4-8H2,1-3H3,(H2,12,13). The van der Waals surface area contributed by atoms with Crippen molar-refractivity contribution in [3.63, 3.8) is 0 Å². The van der Waals surface area contributed by atoms with Crippen molar-refractivity contribution in [1.29, 1.82) is 0 Å². The lowest BCUT2D eigenvalue weighted by atomic mass is 9.85. The molecule has 1 fully saturated rings. The molecule has 18 heavy (non-hydrogen) atoms. The summed E-state index contributed by atoms with van der Waals surface area (Å²) in [6.45, 7) is 0.581. The van der Waals surface area contributed by atoms with Gasteiger partial charge in [-0.3, -0.25) is 4.99 Å². The number of nitrogens with one attached hydrogen (secondary N) is 1. The highest BCUT2D eigenvalue weighted by Gasteiger charge is 2.27. The highest BCUT2D eigenvalue weighted by molar-refractivity contribution is 7.88. The Morgan fingerprint density at radius 3 is 2.56 bits per heavy atom. The van der Waals surface area contributed by atoms with Gasteiger partial charge in [-0.1, -0.05) is 12.8 Å². The van der Waals surface area contributed by atoms with Gasteiger partial charge in [0.05, 0.1) is 6.26 Å². The molecular weight excluding hydrogens is 252 g/mol. The van der Waals surface area contributed by atoms with Gasteiger partial charge in [-0.15, -0.1) is 0 Å². The summed E-state index contributed by atoms with van der Waals surface area (Å²) in [4.78, 5) is 6.06. The van der Waals surface area contributed by atoms with Crippen LogP contribution in [0.15, 0.2) is 4.99 Å². The molecule has 0 amide bonds. The van der Waals surface area contributed by atoms with Crippen LogP contribution >= 0.6 is 0 Å². The SMILES string of the molecule is CN(C)C(N)=NCC1CCCCC1NS(C)(=O)=O. The Kier molecular flexibility index (Phi) is 5.40. The summed E-state index contributed by atoms with van der Waals surface area (Å²) in [5, 5.41) is 0. The van der Waals surface area contributed by atoms with Crippen LogP contribution in [0.1, 0.15) is 25.7 Å². The Bertz CT molecular complexity index is 392. The second kappa shape index (κ2) is 6.38. The highest BCUT2D eigenvalue weighted by Crippen LogP contribution is 2.25. The van der Waals surface area contributed by atoms with Gasteiger partial charge in [0.2, 0.25) is 10.0 Å². The van der Waals surface area contributed by atoms with Crippen molar-refractivity contribution in [2.45, 2.75) is 31.7 Å². The minimum absolute atomic E-state index is 0.00698. The van der Waals surface area contributed by atoms with Crippen molar-refractivity contribution in [2.24, 2.45) is 16.6 Å². The third-order valence-electron chi connectivity index (χ3n) is 3.22. The first-order chi connectivity index (χ1) is 8.29. The second-order valence-electron chi connectivity index (χ2n) is 5.13. The van der Waals surface area contributed by atoms with Crippen molar-refractivity contribution in [2.75, 3.05) is 26.9 Å². The molecule has 1 aliphatic carbocycles. The van der Waals surface area contributed by atoms with E-state index in [1.165, 1.54) is 6.26 Å². The van der Waals surface area contributed by atoms with Crippen LogP contribution in [0.25, 0.3) is 0 Å². The minimum atomic E-state index is -3.15. The number of hydrogen-bond donors (Lipinski definition) is 2. The summed E-state index contributed by atoms with van der Waals surface area (Å²) in [6, 6.07) is -0.00698. The first kappa shape index (κ1) is 15.2. The van der Waals surface area contributed by atoms with Gasteiger partial charge in [-0.2, -0.15) is 0 Å². The number of rotatable bonds is 4. The maximum Gasteiger partial charge on any atom is 0.208 e. The maximum atomic E-state index is 11.3. The van der Waals surface area contributed by atoms with Crippen LogP contribution in [-0.2, 0) is 10.0 Å². The van der Waals surface area contributed by atoms with Crippen LogP contribution in [-0.4, -0.2) is 52.2 Å². The van der Waals surface area contributed by atoms with E-state index < -0.39 is 10.0 Å². The quantitative estimate of drug-likeness (QED) is 0.557. The van der Waals surface area contributed by atoms with Crippen LogP contribution in [0.2, 0.25) is 0 Å². The first-order valence-corrected chi connectivity index (χ1v) is 8.13. The smallest absolute Gasteiger partial charge is 0.208 e. The summed E-state index contributed by atoms with van der Waals surface area (Å²) < 4.78 is 25.3. The molecule has 2 atom stereocenters. The summed E-state index contributed by atoms with van der Waals surface area (Å²) >= 11 is 0. The fourth-order valence-corrected chi connectivity index (χ4v) is 3.07. The van der Waals surface area contributed by atoms with Gasteiger partial charge in [0, 0.05) is 26.7 Å². The summed E-state index contributed by atoms with van der Waals surface area (Å²) in [7, 11) is 0.527. The molecule has 7 heteroatoms. The summed E-state index contributed by atoms with van der Waals surface area (Å²) in [5.41, 5.74) is 5.74. The van der Waals surface area contributed by atoms with Gasteiger partial charge < -0.3 is 10.6 Å². The molecule has 6 nitrogen and oxygen atoms in total. The zero-order valence-electron chi connectivity index (χ0n) is 11.4. The predicted molar refractivity (Wildman–Crippen MR) is 73.9 cm³/mol. The van der Waals surface area contributed by atoms with Crippen LogP contribution in [0.4, 0.5) is 0 Å². The van der Waals surface area contributed by atoms with Gasteiger partial charge in [-0.25, -0.2) is 13.1 Å². The molecule has 0 aliphatic heterocycles. The lowest BCUT2D eigenvalue weighted by Crippen LogP contribution is -2.43. The van der Waals surface area contributed by atoms with Gasteiger partial charge in [0.25, 0.3) is 0 Å². The summed E-state index contributed by atoms with van der Waals surface area (Å²) in [5.74, 6) is 0.727. The summed E-state index contributed by atoms with van der Waals surface area (Å²) in [6.07, 6.45) is 5.28. The highest BCUT2D eigenvalue weighted by atomic mass is 32.2. The number of nitrogens with two attached hydrogens (primary N) is 1. The molecular formula is C11H24N4O2S. The van der Waals surface area contributed by atoms with Gasteiger partial charge >= 0.3 is 0 Å². The zero-order valence-corrected chi connectivity index (χ0v) is 12.2. The molecule has 0 aromatic heterocycles. The Morgan fingerprint density at radius 2 is 2.00 bits per heavy atom. The molecule has 1 aliphatic rings. The lowest BCUT2D eigenvalue weighted by Gasteiger charge is -2.30. The van der Waals surface area contributed by atoms with E-state index in [1.54, 1.807) is 4.90 Å². The molecule has 1 rings (SSSR count). The largest absolute Gasteiger partial charge is 0.370 e. The molecule has 106 valence electrons. The van der Waals surface area contributed by atoms with Crippen LogP contribution in [0.3, 0.4) is 0 Å². The van der Waals surface area contributed by atoms with Crippen molar-refractivity contribution < 1.29 is 8.42 Å². The fourth-order valence-electron chi connectivity index (χ4n) is 2.21. The Balaban J connectivity index is 2.63. The fraction of sp³-hybridized carbons (Fsp3) is 0.909. The van der Waals surface area contributed by atoms with Crippen molar-refractivity contribution in [1.82, 2.24) is 9.62 Å². The van der Waals surface area contributed by atoms with E-state index in [2.05, 4.69) is 9.71 Å². The molecule has 0 radical (unpaired) electrons. The third kappa shape index (κ3) is 5.22. The van der Waals surface area contributed by atoms with Crippen LogP contribution in [0.5, 0.6) is 0 Å². The molecule has 0 heterocycles. The normalized spacial score (nSPS) is 26.1. The monoisotopic (exact) mass is 276 g/mol. The minimum Gasteiger partial charge on any atom is -0.370 e. The number of sulfonamides is 1. The maximum absolute atomic E-state index is 11.3. The number of aliphatic imine (C=N–C) groups is 1. The number of guanidine groups is 1. The Labute approximate surface area is 110 Å². The van der Waals surface area contributed by atoms with E-state index in [4.69, 9.17) is 5.73 Å². The molecule has 0 aromatic carbocycles. The van der Waals surface area contributed by atoms with Crippen LogP contribution in [0, 0.1) is 5.92 Å². The van der Waals surface area contributed by atoms with Crippen molar-refractivity contribution in [3.05, 3.63) is 0 Å². The molecule has 0 saturated heterocycles. The molecule has 0 spiro atoms. The van der Waals surface area contributed by atoms with Crippen molar-refractivity contribution in [3.8, 4) is 0 Å².